The van der Waals surface area contributed by atoms with Crippen molar-refractivity contribution < 1.29 is 14.6 Å². The molecule has 0 spiro atoms. The molecule has 7 heteroatoms. The van der Waals surface area contributed by atoms with Crippen LogP contribution in [0.2, 0.25) is 0 Å². The Morgan fingerprint density at radius 1 is 1.35 bits per heavy atom. The molecule has 3 aliphatic heterocycles. The van der Waals surface area contributed by atoms with E-state index in [9.17, 15) is 4.79 Å². The summed E-state index contributed by atoms with van der Waals surface area (Å²) in [7, 11) is 4.09. The molecule has 5 atom stereocenters. The Balaban J connectivity index is 1.30. The van der Waals surface area contributed by atoms with Crippen molar-refractivity contribution in [2.75, 3.05) is 33.7 Å². The van der Waals surface area contributed by atoms with Crippen LogP contribution in [0.5, 0.6) is 0 Å². The zero-order valence-corrected chi connectivity index (χ0v) is 18.8. The lowest BCUT2D eigenvalue weighted by Gasteiger charge is -2.46. The maximum atomic E-state index is 12.8. The number of rotatable bonds is 9. The highest BCUT2D eigenvalue weighted by atomic mass is 16.2. The molecule has 7 nitrogen and oxygen atoms in total. The van der Waals surface area contributed by atoms with Crippen molar-refractivity contribution in [2.45, 2.75) is 38.5 Å². The maximum Gasteiger partial charge on any atom is 0.231 e. The molecule has 2 bridgehead atoms. The minimum atomic E-state index is 0.159. The summed E-state index contributed by atoms with van der Waals surface area (Å²) in [5, 5.41) is 8.84. The van der Waals surface area contributed by atoms with Gasteiger partial charge in [-0.1, -0.05) is 41.6 Å². The van der Waals surface area contributed by atoms with Gasteiger partial charge in [0.05, 0.1) is 38.8 Å². The van der Waals surface area contributed by atoms with Crippen LogP contribution in [-0.2, 0) is 24.4 Å². The van der Waals surface area contributed by atoms with E-state index in [1.165, 1.54) is 10.5 Å². The number of nitrogens with zero attached hydrogens (tertiary/aromatic N) is 4. The molecular formula is C24H36N6O+2. The molecule has 3 fully saturated rings. The third-order valence-corrected chi connectivity index (χ3v) is 6.97. The van der Waals surface area contributed by atoms with Crippen LogP contribution >= 0.6 is 0 Å². The SMILES string of the molecule is C=CCN(C)C(=O)[C@H]1C[NH+]2CC[C@@H]1C[C@@H]2Cn1cc(C[NH+](C)Cc2ccccc2)nn1. The van der Waals surface area contributed by atoms with Gasteiger partial charge >= 0.3 is 0 Å². The van der Waals surface area contributed by atoms with Crippen molar-refractivity contribution in [3.63, 3.8) is 0 Å². The summed E-state index contributed by atoms with van der Waals surface area (Å²) in [6, 6.07) is 11.1. The van der Waals surface area contributed by atoms with E-state index in [1.54, 1.807) is 11.0 Å². The summed E-state index contributed by atoms with van der Waals surface area (Å²) in [5.74, 6) is 0.936. The summed E-state index contributed by atoms with van der Waals surface area (Å²) in [5.41, 5.74) is 2.38. The molecule has 3 aliphatic rings. The van der Waals surface area contributed by atoms with Crippen molar-refractivity contribution in [2.24, 2.45) is 11.8 Å². The number of nitrogens with one attached hydrogen (secondary N) is 2. The van der Waals surface area contributed by atoms with E-state index in [0.29, 0.717) is 18.5 Å². The molecule has 5 rings (SSSR count). The monoisotopic (exact) mass is 424 g/mol. The molecule has 1 aromatic carbocycles. The molecule has 2 N–H and O–H groups in total. The summed E-state index contributed by atoms with van der Waals surface area (Å²) < 4.78 is 2.02. The van der Waals surface area contributed by atoms with Gasteiger partial charge < -0.3 is 14.7 Å². The van der Waals surface area contributed by atoms with E-state index >= 15 is 0 Å². The molecule has 4 heterocycles. The van der Waals surface area contributed by atoms with Gasteiger partial charge in [0.2, 0.25) is 5.91 Å². The molecule has 1 amide bonds. The Bertz CT molecular complexity index is 881. The first-order chi connectivity index (χ1) is 15.0. The van der Waals surface area contributed by atoms with Crippen LogP contribution in [0.15, 0.2) is 49.2 Å². The minimum Gasteiger partial charge on any atom is -0.342 e. The molecule has 0 radical (unpaired) electrons. The van der Waals surface area contributed by atoms with Gasteiger partial charge in [-0.3, -0.25) is 4.79 Å². The van der Waals surface area contributed by atoms with Gasteiger partial charge in [0.15, 0.2) is 0 Å². The van der Waals surface area contributed by atoms with Crippen molar-refractivity contribution in [1.29, 1.82) is 0 Å². The highest BCUT2D eigenvalue weighted by Gasteiger charge is 2.47. The molecule has 2 unspecified atom stereocenters. The standard InChI is InChI=1S/C24H34N6O/c1-4-11-28(3)24(31)23-18-29-12-10-20(23)13-22(29)17-30-16-21(25-26-30)15-27(2)14-19-8-6-5-7-9-19/h4-9,16,20,22-23H,1,10-15,17-18H2,2-3H3/p+2/t20-,22-,23+/m1/s1. The number of amides is 1. The number of piperidine rings is 3. The molecule has 3 saturated heterocycles. The first kappa shape index (κ1) is 21.7. The normalized spacial score (nSPS) is 25.9. The van der Waals surface area contributed by atoms with Crippen molar-refractivity contribution in [3.8, 4) is 0 Å². The number of hydrogen-bond acceptors (Lipinski definition) is 3. The fourth-order valence-electron chi connectivity index (χ4n) is 5.42. The van der Waals surface area contributed by atoms with Gasteiger partial charge in [-0.15, -0.1) is 11.7 Å². The summed E-state index contributed by atoms with van der Waals surface area (Å²) >= 11 is 0. The summed E-state index contributed by atoms with van der Waals surface area (Å²) in [6.45, 7) is 9.23. The van der Waals surface area contributed by atoms with E-state index in [2.05, 4.69) is 60.5 Å². The quantitative estimate of drug-likeness (QED) is 0.530. The number of hydrogen-bond donors (Lipinski definition) is 2. The Kier molecular flexibility index (Phi) is 6.83. The molecule has 0 aliphatic carbocycles. The Hall–Kier alpha value is -2.51. The number of carbonyl (C=O) groups excluding carboxylic acids is 1. The molecular weight excluding hydrogens is 388 g/mol. The summed E-state index contributed by atoms with van der Waals surface area (Å²) in [4.78, 5) is 17.6. The largest absolute Gasteiger partial charge is 0.342 e. The fraction of sp³-hybridized carbons (Fsp3) is 0.542. The maximum absolute atomic E-state index is 12.8. The van der Waals surface area contributed by atoms with Gasteiger partial charge in [0, 0.05) is 32.0 Å². The average Bonchev–Trinajstić information content (AvgIpc) is 3.21. The Morgan fingerprint density at radius 2 is 2.16 bits per heavy atom. The highest BCUT2D eigenvalue weighted by Crippen LogP contribution is 2.28. The molecule has 0 saturated carbocycles. The minimum absolute atomic E-state index is 0.159. The second-order valence-electron chi connectivity index (χ2n) is 9.44. The zero-order chi connectivity index (χ0) is 21.8. The van der Waals surface area contributed by atoms with Crippen LogP contribution in [0.1, 0.15) is 24.1 Å². The molecule has 1 aromatic heterocycles. The van der Waals surface area contributed by atoms with Gasteiger partial charge in [0.25, 0.3) is 0 Å². The highest BCUT2D eigenvalue weighted by molar-refractivity contribution is 5.79. The van der Waals surface area contributed by atoms with E-state index in [1.807, 2.05) is 16.6 Å². The van der Waals surface area contributed by atoms with E-state index in [4.69, 9.17) is 0 Å². The van der Waals surface area contributed by atoms with E-state index < -0.39 is 0 Å². The van der Waals surface area contributed by atoms with E-state index in [0.717, 1.165) is 51.3 Å². The van der Waals surface area contributed by atoms with Gasteiger partial charge in [0.1, 0.15) is 24.8 Å². The Morgan fingerprint density at radius 3 is 2.87 bits per heavy atom. The first-order valence-electron chi connectivity index (χ1n) is 11.5. The molecule has 166 valence electrons. The van der Waals surface area contributed by atoms with Crippen molar-refractivity contribution >= 4 is 5.91 Å². The number of quaternary nitrogens is 2. The summed E-state index contributed by atoms with van der Waals surface area (Å²) in [6.07, 6.45) is 6.16. The number of likely N-dealkylation sites (N-methyl/N-ethyl adjacent to an activating group) is 1. The first-order valence-corrected chi connectivity index (χ1v) is 11.5. The smallest absolute Gasteiger partial charge is 0.231 e. The third kappa shape index (κ3) is 5.22. The predicted octanol–water partition coefficient (Wildman–Crippen LogP) is -0.569. The third-order valence-electron chi connectivity index (χ3n) is 6.97. The predicted molar refractivity (Wildman–Crippen MR) is 119 cm³/mol. The van der Waals surface area contributed by atoms with Crippen LogP contribution in [0.4, 0.5) is 0 Å². The molecule has 31 heavy (non-hydrogen) atoms. The van der Waals surface area contributed by atoms with Crippen LogP contribution in [0.3, 0.4) is 0 Å². The number of benzene rings is 1. The van der Waals surface area contributed by atoms with Gasteiger partial charge in [-0.2, -0.15) is 0 Å². The molecule has 2 aromatic rings. The zero-order valence-electron chi connectivity index (χ0n) is 18.8. The number of fused-ring (bicyclic) bond motifs is 3. The Labute approximate surface area is 185 Å². The van der Waals surface area contributed by atoms with Crippen LogP contribution in [-0.4, -0.2) is 65.6 Å². The van der Waals surface area contributed by atoms with Gasteiger partial charge in [-0.25, -0.2) is 4.68 Å². The lowest BCUT2D eigenvalue weighted by molar-refractivity contribution is -0.945. The lowest BCUT2D eigenvalue weighted by Crippen LogP contribution is -3.20. The number of carbonyl (C=O) groups is 1. The van der Waals surface area contributed by atoms with E-state index in [-0.39, 0.29) is 11.8 Å². The number of aromatic nitrogens is 3. The van der Waals surface area contributed by atoms with Crippen molar-refractivity contribution in [3.05, 3.63) is 60.4 Å². The van der Waals surface area contributed by atoms with Crippen LogP contribution in [0.25, 0.3) is 0 Å². The fourth-order valence-corrected chi connectivity index (χ4v) is 5.42. The average molecular weight is 425 g/mol. The lowest BCUT2D eigenvalue weighted by atomic mass is 9.75. The van der Waals surface area contributed by atoms with Crippen molar-refractivity contribution in [1.82, 2.24) is 19.9 Å². The van der Waals surface area contributed by atoms with Crippen LogP contribution in [0, 0.1) is 11.8 Å². The second kappa shape index (κ2) is 9.75. The van der Waals surface area contributed by atoms with Gasteiger partial charge in [-0.05, 0) is 5.92 Å². The van der Waals surface area contributed by atoms with Crippen LogP contribution < -0.4 is 9.80 Å². The topological polar surface area (TPSA) is 59.9 Å². The second-order valence-corrected chi connectivity index (χ2v) is 9.44.